The molecule has 0 aliphatic rings. The Morgan fingerprint density at radius 1 is 1.12 bits per heavy atom. The van der Waals surface area contributed by atoms with Crippen molar-refractivity contribution in [1.29, 1.82) is 0 Å². The van der Waals surface area contributed by atoms with Crippen LogP contribution in [0, 0.1) is 5.82 Å². The summed E-state index contributed by atoms with van der Waals surface area (Å²) in [6, 6.07) is 10.9. The third-order valence-electron chi connectivity index (χ3n) is 3.72. The molecule has 26 heavy (non-hydrogen) atoms. The summed E-state index contributed by atoms with van der Waals surface area (Å²) in [5, 5.41) is 2.65. The van der Waals surface area contributed by atoms with Crippen LogP contribution in [-0.4, -0.2) is 36.4 Å². The summed E-state index contributed by atoms with van der Waals surface area (Å²) in [6.45, 7) is 4.79. The van der Waals surface area contributed by atoms with Gasteiger partial charge in [-0.3, -0.25) is 9.59 Å². The van der Waals surface area contributed by atoms with Gasteiger partial charge in [0.15, 0.2) is 18.2 Å². The van der Waals surface area contributed by atoms with Crippen LogP contribution >= 0.6 is 15.9 Å². The molecular weight excluding hydrogens is 403 g/mol. The molecule has 5 nitrogen and oxygen atoms in total. The molecule has 2 rings (SSSR count). The highest BCUT2D eigenvalue weighted by Gasteiger charge is 2.12. The number of ether oxygens (including phenoxy) is 1. The van der Waals surface area contributed by atoms with Crippen molar-refractivity contribution in [2.24, 2.45) is 0 Å². The van der Waals surface area contributed by atoms with Gasteiger partial charge in [0.1, 0.15) is 0 Å². The summed E-state index contributed by atoms with van der Waals surface area (Å²) in [6.07, 6.45) is 0. The van der Waals surface area contributed by atoms with Gasteiger partial charge in [-0.1, -0.05) is 15.9 Å². The van der Waals surface area contributed by atoms with Crippen molar-refractivity contribution in [2.75, 3.05) is 25.0 Å². The lowest BCUT2D eigenvalue weighted by atomic mass is 10.2. The van der Waals surface area contributed by atoms with Crippen molar-refractivity contribution in [1.82, 2.24) is 4.90 Å². The van der Waals surface area contributed by atoms with Crippen molar-refractivity contribution in [3.05, 3.63) is 58.3 Å². The lowest BCUT2D eigenvalue weighted by Gasteiger charge is -2.18. The number of nitrogens with one attached hydrogen (secondary N) is 1. The number of carbonyl (C=O) groups is 2. The second kappa shape index (κ2) is 9.33. The number of halogens is 2. The Balaban J connectivity index is 1.92. The van der Waals surface area contributed by atoms with Gasteiger partial charge < -0.3 is 15.0 Å². The summed E-state index contributed by atoms with van der Waals surface area (Å²) in [5.74, 6) is -1.02. The van der Waals surface area contributed by atoms with Crippen molar-refractivity contribution in [2.45, 2.75) is 13.8 Å². The van der Waals surface area contributed by atoms with E-state index in [1.54, 1.807) is 35.2 Å². The minimum Gasteiger partial charge on any atom is -0.481 e. The molecule has 0 spiro atoms. The zero-order chi connectivity index (χ0) is 19.1. The lowest BCUT2D eigenvalue weighted by Crippen LogP contribution is -2.30. The number of nitrogens with zero attached hydrogens (tertiary/aromatic N) is 1. The highest BCUT2D eigenvalue weighted by Crippen LogP contribution is 2.21. The molecule has 0 aliphatic carbocycles. The average Bonchev–Trinajstić information content (AvgIpc) is 2.62. The number of benzene rings is 2. The van der Waals surface area contributed by atoms with Crippen molar-refractivity contribution >= 4 is 33.4 Å². The first-order valence-corrected chi connectivity index (χ1v) is 9.01. The van der Waals surface area contributed by atoms with E-state index in [0.29, 0.717) is 28.8 Å². The second-order valence-electron chi connectivity index (χ2n) is 5.47. The van der Waals surface area contributed by atoms with E-state index in [2.05, 4.69) is 21.2 Å². The topological polar surface area (TPSA) is 58.6 Å². The summed E-state index contributed by atoms with van der Waals surface area (Å²) >= 11 is 3.15. The Hall–Kier alpha value is -2.41. The van der Waals surface area contributed by atoms with E-state index in [1.807, 2.05) is 13.8 Å². The molecule has 0 radical (unpaired) electrons. The van der Waals surface area contributed by atoms with Crippen LogP contribution in [0.25, 0.3) is 0 Å². The SMILES string of the molecule is CCN(CC)C(=O)c1ccc(NC(=O)COc2ccc(Br)cc2F)cc1. The van der Waals surface area contributed by atoms with Crippen molar-refractivity contribution < 1.29 is 18.7 Å². The molecule has 2 aromatic rings. The number of rotatable bonds is 7. The Labute approximate surface area is 160 Å². The average molecular weight is 423 g/mol. The maximum atomic E-state index is 13.6. The Bertz CT molecular complexity index is 777. The van der Waals surface area contributed by atoms with Gasteiger partial charge in [-0.05, 0) is 56.3 Å². The van der Waals surface area contributed by atoms with Crippen LogP contribution in [0.5, 0.6) is 5.75 Å². The van der Waals surface area contributed by atoms with Gasteiger partial charge in [-0.15, -0.1) is 0 Å². The van der Waals surface area contributed by atoms with Crippen LogP contribution in [0.3, 0.4) is 0 Å². The van der Waals surface area contributed by atoms with E-state index in [0.717, 1.165) is 0 Å². The summed E-state index contributed by atoms with van der Waals surface area (Å²) in [4.78, 5) is 25.9. The Morgan fingerprint density at radius 3 is 2.35 bits per heavy atom. The first kappa shape index (κ1) is 19.9. The number of hydrogen-bond donors (Lipinski definition) is 1. The highest BCUT2D eigenvalue weighted by molar-refractivity contribution is 9.10. The first-order chi connectivity index (χ1) is 12.4. The monoisotopic (exact) mass is 422 g/mol. The van der Waals surface area contributed by atoms with Gasteiger partial charge in [-0.2, -0.15) is 0 Å². The van der Waals surface area contributed by atoms with Crippen LogP contribution in [-0.2, 0) is 4.79 Å². The summed E-state index contributed by atoms with van der Waals surface area (Å²) in [7, 11) is 0. The van der Waals surface area contributed by atoms with Crippen LogP contribution in [0.1, 0.15) is 24.2 Å². The molecule has 138 valence electrons. The minimum absolute atomic E-state index is 0.00326. The van der Waals surface area contributed by atoms with E-state index >= 15 is 0 Å². The summed E-state index contributed by atoms with van der Waals surface area (Å²) in [5.41, 5.74) is 1.09. The zero-order valence-corrected chi connectivity index (χ0v) is 16.2. The standard InChI is InChI=1S/C19H20BrFN2O3/c1-3-23(4-2)19(25)13-5-8-15(9-6-13)22-18(24)12-26-17-10-7-14(20)11-16(17)21/h5-11H,3-4,12H2,1-2H3,(H,22,24). The van der Waals surface area contributed by atoms with E-state index in [-0.39, 0.29) is 18.3 Å². The minimum atomic E-state index is -0.550. The van der Waals surface area contributed by atoms with Crippen LogP contribution in [0.15, 0.2) is 46.9 Å². The van der Waals surface area contributed by atoms with Crippen molar-refractivity contribution in [3.63, 3.8) is 0 Å². The Morgan fingerprint density at radius 2 is 1.77 bits per heavy atom. The molecule has 0 aromatic heterocycles. The molecule has 0 unspecified atom stereocenters. The van der Waals surface area contributed by atoms with E-state index in [4.69, 9.17) is 4.74 Å². The van der Waals surface area contributed by atoms with Crippen LogP contribution < -0.4 is 10.1 Å². The largest absolute Gasteiger partial charge is 0.481 e. The smallest absolute Gasteiger partial charge is 0.262 e. The molecule has 2 aromatic carbocycles. The zero-order valence-electron chi connectivity index (χ0n) is 14.6. The molecule has 0 fully saturated rings. The second-order valence-corrected chi connectivity index (χ2v) is 6.38. The fourth-order valence-electron chi connectivity index (χ4n) is 2.32. The molecule has 0 bridgehead atoms. The number of carbonyl (C=O) groups excluding carboxylic acids is 2. The third kappa shape index (κ3) is 5.29. The highest BCUT2D eigenvalue weighted by atomic mass is 79.9. The van der Waals surface area contributed by atoms with Gasteiger partial charge in [0.2, 0.25) is 0 Å². The molecule has 7 heteroatoms. The predicted octanol–water partition coefficient (Wildman–Crippen LogP) is 4.09. The molecule has 0 saturated heterocycles. The molecule has 0 aliphatic heterocycles. The van der Waals surface area contributed by atoms with Crippen LogP contribution in [0.2, 0.25) is 0 Å². The van der Waals surface area contributed by atoms with Gasteiger partial charge in [0.05, 0.1) is 0 Å². The fraction of sp³-hybridized carbons (Fsp3) is 0.263. The quantitative estimate of drug-likeness (QED) is 0.730. The number of anilines is 1. The Kier molecular flexibility index (Phi) is 7.15. The van der Waals surface area contributed by atoms with Crippen molar-refractivity contribution in [3.8, 4) is 5.75 Å². The lowest BCUT2D eigenvalue weighted by molar-refractivity contribution is -0.118. The normalized spacial score (nSPS) is 10.3. The molecule has 0 atom stereocenters. The maximum Gasteiger partial charge on any atom is 0.262 e. The van der Waals surface area contributed by atoms with Crippen LogP contribution in [0.4, 0.5) is 10.1 Å². The number of amides is 2. The van der Waals surface area contributed by atoms with Gasteiger partial charge in [0.25, 0.3) is 11.8 Å². The molecule has 1 N–H and O–H groups in total. The van der Waals surface area contributed by atoms with Gasteiger partial charge >= 0.3 is 0 Å². The molecular formula is C19H20BrFN2O3. The van der Waals surface area contributed by atoms with E-state index < -0.39 is 11.7 Å². The molecule has 0 heterocycles. The first-order valence-electron chi connectivity index (χ1n) is 8.21. The maximum absolute atomic E-state index is 13.6. The van der Waals surface area contributed by atoms with Gasteiger partial charge in [-0.25, -0.2) is 4.39 Å². The molecule has 0 saturated carbocycles. The summed E-state index contributed by atoms with van der Waals surface area (Å²) < 4.78 is 19.4. The third-order valence-corrected chi connectivity index (χ3v) is 4.21. The van der Waals surface area contributed by atoms with E-state index in [9.17, 15) is 14.0 Å². The van der Waals surface area contributed by atoms with Gasteiger partial charge in [0, 0.05) is 28.8 Å². The predicted molar refractivity (Wildman–Crippen MR) is 102 cm³/mol. The number of hydrogen-bond acceptors (Lipinski definition) is 3. The molecule has 2 amide bonds. The fourth-order valence-corrected chi connectivity index (χ4v) is 2.66. The van der Waals surface area contributed by atoms with E-state index in [1.165, 1.54) is 12.1 Å².